The van der Waals surface area contributed by atoms with Crippen LogP contribution in [-0.4, -0.2) is 22.6 Å². The molecule has 0 fully saturated rings. The summed E-state index contributed by atoms with van der Waals surface area (Å²) in [5.41, 5.74) is 0. The summed E-state index contributed by atoms with van der Waals surface area (Å²) < 4.78 is 36.3. The monoisotopic (exact) mass is 328 g/mol. The predicted octanol–water partition coefficient (Wildman–Crippen LogP) is 3.69. The maximum atomic E-state index is 13.0. The molecule has 0 saturated carbocycles. The van der Waals surface area contributed by atoms with E-state index in [2.05, 4.69) is 0 Å². The van der Waals surface area contributed by atoms with Gasteiger partial charge in [-0.1, -0.05) is 24.3 Å². The number of ether oxygens (including phenoxy) is 2. The van der Waals surface area contributed by atoms with Crippen molar-refractivity contribution in [3.63, 3.8) is 0 Å². The summed E-state index contributed by atoms with van der Waals surface area (Å²) in [6.07, 6.45) is 0. The molecule has 118 valence electrons. The van der Waals surface area contributed by atoms with E-state index in [4.69, 9.17) is 9.47 Å². The van der Waals surface area contributed by atoms with E-state index in [1.807, 2.05) is 18.2 Å². The Morgan fingerprint density at radius 2 is 1.39 bits per heavy atom. The van der Waals surface area contributed by atoms with Gasteiger partial charge in [-0.05, 0) is 36.4 Å². The van der Waals surface area contributed by atoms with Gasteiger partial charge in [0.05, 0.1) is 24.0 Å². The summed E-state index contributed by atoms with van der Waals surface area (Å²) in [7, 11) is -0.516. The number of hydrogen-bond acceptors (Lipinski definition) is 4. The zero-order valence-electron chi connectivity index (χ0n) is 12.8. The Morgan fingerprint density at radius 3 is 2.00 bits per heavy atom. The van der Waals surface area contributed by atoms with Gasteiger partial charge in [-0.2, -0.15) is 0 Å². The molecule has 0 aliphatic rings. The van der Waals surface area contributed by atoms with Gasteiger partial charge in [-0.3, -0.25) is 0 Å². The minimum Gasteiger partial charge on any atom is -0.497 e. The summed E-state index contributed by atoms with van der Waals surface area (Å²) in [6, 6.07) is 16.9. The molecule has 0 aromatic heterocycles. The lowest BCUT2D eigenvalue weighted by Gasteiger charge is -2.11. The number of methoxy groups -OCH3 is 2. The number of rotatable bonds is 4. The fraction of sp³-hybridized carbons (Fsp3) is 0.111. The van der Waals surface area contributed by atoms with Crippen molar-refractivity contribution < 1.29 is 17.9 Å². The van der Waals surface area contributed by atoms with E-state index in [0.29, 0.717) is 16.9 Å². The zero-order chi connectivity index (χ0) is 16.4. The molecule has 0 aliphatic heterocycles. The highest BCUT2D eigenvalue weighted by Gasteiger charge is 2.21. The molecule has 0 aliphatic carbocycles. The summed E-state index contributed by atoms with van der Waals surface area (Å²) >= 11 is 0. The van der Waals surface area contributed by atoms with Crippen molar-refractivity contribution in [2.24, 2.45) is 0 Å². The Hall–Kier alpha value is -2.53. The summed E-state index contributed by atoms with van der Waals surface area (Å²) in [5, 5.41) is 1.41. The Kier molecular flexibility index (Phi) is 3.96. The predicted molar refractivity (Wildman–Crippen MR) is 88.9 cm³/mol. The normalized spacial score (nSPS) is 11.4. The summed E-state index contributed by atoms with van der Waals surface area (Å²) in [5.74, 6) is 1.26. The molecule has 5 heteroatoms. The van der Waals surface area contributed by atoms with Crippen molar-refractivity contribution in [2.75, 3.05) is 14.2 Å². The molecule has 0 radical (unpaired) electrons. The average molecular weight is 328 g/mol. The maximum Gasteiger partial charge on any atom is 0.207 e. The van der Waals surface area contributed by atoms with Crippen molar-refractivity contribution in [2.45, 2.75) is 9.79 Å². The number of sulfone groups is 1. The lowest BCUT2D eigenvalue weighted by Crippen LogP contribution is -2.03. The van der Waals surface area contributed by atoms with Crippen LogP contribution in [0.25, 0.3) is 10.8 Å². The molecular formula is C18H16O4S. The minimum atomic E-state index is -3.63. The Balaban J connectivity index is 2.22. The Morgan fingerprint density at radius 1 is 0.739 bits per heavy atom. The standard InChI is InChI=1S/C18H16O4S/c1-21-13-7-9-14(10-8-13)23(19,20)18-12-11-17(22-2)15-5-3-4-6-16(15)18/h3-12H,1-2H3. The van der Waals surface area contributed by atoms with Gasteiger partial charge in [-0.25, -0.2) is 8.42 Å². The van der Waals surface area contributed by atoms with Crippen LogP contribution in [0.15, 0.2) is 70.5 Å². The van der Waals surface area contributed by atoms with Gasteiger partial charge >= 0.3 is 0 Å². The first-order chi connectivity index (χ1) is 11.1. The topological polar surface area (TPSA) is 52.6 Å². The second-order valence-electron chi connectivity index (χ2n) is 4.99. The van der Waals surface area contributed by atoms with Crippen molar-refractivity contribution in [3.8, 4) is 11.5 Å². The molecule has 0 heterocycles. The summed E-state index contributed by atoms with van der Waals surface area (Å²) in [4.78, 5) is 0.493. The molecule has 3 aromatic carbocycles. The molecule has 3 rings (SSSR count). The van der Waals surface area contributed by atoms with E-state index in [1.54, 1.807) is 56.7 Å². The van der Waals surface area contributed by atoms with Crippen LogP contribution in [0.3, 0.4) is 0 Å². The van der Waals surface area contributed by atoms with Crippen molar-refractivity contribution in [1.82, 2.24) is 0 Å². The van der Waals surface area contributed by atoms with Gasteiger partial charge in [-0.15, -0.1) is 0 Å². The fourth-order valence-electron chi connectivity index (χ4n) is 2.54. The second-order valence-corrected chi connectivity index (χ2v) is 6.91. The third-order valence-electron chi connectivity index (χ3n) is 3.72. The smallest absolute Gasteiger partial charge is 0.207 e. The first kappa shape index (κ1) is 15.4. The van der Waals surface area contributed by atoms with E-state index in [9.17, 15) is 8.42 Å². The highest BCUT2D eigenvalue weighted by molar-refractivity contribution is 7.91. The zero-order valence-corrected chi connectivity index (χ0v) is 13.6. The SMILES string of the molecule is COc1ccc(S(=O)(=O)c2ccc(OC)c3ccccc23)cc1. The van der Waals surface area contributed by atoms with Crippen LogP contribution >= 0.6 is 0 Å². The molecule has 0 spiro atoms. The Labute approximate surface area is 135 Å². The van der Waals surface area contributed by atoms with Crippen LogP contribution in [-0.2, 0) is 9.84 Å². The summed E-state index contributed by atoms with van der Waals surface area (Å²) in [6.45, 7) is 0. The van der Waals surface area contributed by atoms with Crippen molar-refractivity contribution in [3.05, 3.63) is 60.7 Å². The third kappa shape index (κ3) is 2.64. The third-order valence-corrected chi connectivity index (χ3v) is 5.55. The number of fused-ring (bicyclic) bond motifs is 1. The molecule has 0 amide bonds. The highest BCUT2D eigenvalue weighted by Crippen LogP contribution is 2.34. The van der Waals surface area contributed by atoms with Crippen LogP contribution in [0.4, 0.5) is 0 Å². The molecule has 0 bridgehead atoms. The lowest BCUT2D eigenvalue weighted by atomic mass is 10.1. The van der Waals surface area contributed by atoms with Crippen LogP contribution in [0.1, 0.15) is 0 Å². The molecule has 23 heavy (non-hydrogen) atoms. The van der Waals surface area contributed by atoms with E-state index in [-0.39, 0.29) is 9.79 Å². The van der Waals surface area contributed by atoms with Gasteiger partial charge in [0.15, 0.2) is 0 Å². The maximum absolute atomic E-state index is 13.0. The van der Waals surface area contributed by atoms with Crippen molar-refractivity contribution in [1.29, 1.82) is 0 Å². The van der Waals surface area contributed by atoms with Crippen LogP contribution < -0.4 is 9.47 Å². The van der Waals surface area contributed by atoms with Gasteiger partial charge < -0.3 is 9.47 Å². The largest absolute Gasteiger partial charge is 0.497 e. The second kappa shape index (κ2) is 5.93. The van der Waals surface area contributed by atoms with Gasteiger partial charge in [0.2, 0.25) is 9.84 Å². The molecule has 0 atom stereocenters. The molecule has 3 aromatic rings. The quantitative estimate of drug-likeness (QED) is 0.733. The number of benzene rings is 3. The molecule has 0 saturated heterocycles. The van der Waals surface area contributed by atoms with Gasteiger partial charge in [0.25, 0.3) is 0 Å². The van der Waals surface area contributed by atoms with E-state index in [0.717, 1.165) is 5.39 Å². The lowest BCUT2D eigenvalue weighted by molar-refractivity contribution is 0.414. The average Bonchev–Trinajstić information content (AvgIpc) is 2.60. The van der Waals surface area contributed by atoms with E-state index >= 15 is 0 Å². The highest BCUT2D eigenvalue weighted by atomic mass is 32.2. The van der Waals surface area contributed by atoms with Crippen molar-refractivity contribution >= 4 is 20.6 Å². The first-order valence-corrected chi connectivity index (χ1v) is 8.51. The minimum absolute atomic E-state index is 0.230. The van der Waals surface area contributed by atoms with E-state index in [1.165, 1.54) is 0 Å². The van der Waals surface area contributed by atoms with Crippen LogP contribution in [0.2, 0.25) is 0 Å². The first-order valence-electron chi connectivity index (χ1n) is 7.03. The molecule has 0 N–H and O–H groups in total. The van der Waals surface area contributed by atoms with Crippen LogP contribution in [0, 0.1) is 0 Å². The van der Waals surface area contributed by atoms with Gasteiger partial charge in [0.1, 0.15) is 11.5 Å². The van der Waals surface area contributed by atoms with Crippen LogP contribution in [0.5, 0.6) is 11.5 Å². The van der Waals surface area contributed by atoms with Gasteiger partial charge in [0, 0.05) is 10.8 Å². The van der Waals surface area contributed by atoms with E-state index < -0.39 is 9.84 Å². The molecular weight excluding hydrogens is 312 g/mol. The fourth-order valence-corrected chi connectivity index (χ4v) is 4.00. The number of hydrogen-bond donors (Lipinski definition) is 0. The Bertz CT molecular complexity index is 944. The molecule has 0 unspecified atom stereocenters. The molecule has 4 nitrogen and oxygen atoms in total.